The third kappa shape index (κ3) is 29.8. The molecule has 2 aromatic heterocycles. The Morgan fingerprint density at radius 1 is 0.818 bits per heavy atom. The summed E-state index contributed by atoms with van der Waals surface area (Å²) in [5.74, 6) is -1.33. The molecule has 0 unspecified atom stereocenters. The fourth-order valence-electron chi connectivity index (χ4n) is 4.29. The molecule has 0 saturated carbocycles. The average molecular weight is 1030 g/mol. The van der Waals surface area contributed by atoms with Crippen LogP contribution in [0.2, 0.25) is 0 Å². The topological polar surface area (TPSA) is 364 Å². The summed E-state index contributed by atoms with van der Waals surface area (Å²) in [5, 5.41) is 53.4. The summed E-state index contributed by atoms with van der Waals surface area (Å²) < 4.78 is 51.4. The maximum Gasteiger partial charge on any atom is 1.00 e. The van der Waals surface area contributed by atoms with Crippen LogP contribution in [0.4, 0.5) is 0 Å². The predicted molar refractivity (Wildman–Crippen MR) is 226 cm³/mol. The minimum Gasteiger partial charge on any atom is -1.00 e. The number of fused-ring (bicyclic) bond motifs is 2. The van der Waals surface area contributed by atoms with Crippen LogP contribution >= 0.6 is 11.6 Å². The van der Waals surface area contributed by atoms with Gasteiger partial charge in [0.25, 0.3) is 6.47 Å². The van der Waals surface area contributed by atoms with E-state index in [9.17, 15) is 29.1 Å². The van der Waals surface area contributed by atoms with E-state index >= 15 is 0 Å². The molecule has 26 heteroatoms. The smallest absolute Gasteiger partial charge is 1.00 e. The summed E-state index contributed by atoms with van der Waals surface area (Å²) >= 11 is 4.74. The van der Waals surface area contributed by atoms with Crippen molar-refractivity contribution in [1.29, 1.82) is 0 Å². The van der Waals surface area contributed by atoms with Crippen LogP contribution < -0.4 is 124 Å². The van der Waals surface area contributed by atoms with Gasteiger partial charge in [-0.3, -0.25) is 28.3 Å². The maximum atomic E-state index is 11.4. The number of ether oxygens (including phenoxy) is 2. The van der Waals surface area contributed by atoms with Crippen LogP contribution in [0.1, 0.15) is 49.5 Å². The molecule has 0 atom stereocenters. The number of carboxylic acid groups (broad SMARTS) is 1. The number of carbonyl (C=O) groups is 4. The van der Waals surface area contributed by atoms with Gasteiger partial charge in [-0.05, 0) is 103 Å². The third-order valence-electron chi connectivity index (χ3n) is 7.11. The zero-order valence-corrected chi connectivity index (χ0v) is 45.0. The number of aryl methyl sites for hydroxylation is 4. The van der Waals surface area contributed by atoms with E-state index in [-0.39, 0.29) is 158 Å². The third-order valence-corrected chi connectivity index (χ3v) is 7.34. The van der Waals surface area contributed by atoms with E-state index in [0.717, 1.165) is 21.9 Å². The Kier molecular flexibility index (Phi) is 37.9. The zero-order chi connectivity index (χ0) is 49.9. The number of rotatable bonds is 8. The molecule has 0 amide bonds. The second kappa shape index (κ2) is 36.3. The fraction of sp³-hybridized carbons (Fsp3) is 0.250. The van der Waals surface area contributed by atoms with Gasteiger partial charge in [-0.15, -0.1) is 11.6 Å². The van der Waals surface area contributed by atoms with Crippen molar-refractivity contribution in [2.24, 2.45) is 0 Å². The van der Waals surface area contributed by atoms with Crippen LogP contribution in [-0.4, -0.2) is 79.9 Å². The van der Waals surface area contributed by atoms with E-state index in [0.29, 0.717) is 40.2 Å². The number of hydrogen-bond acceptors (Lipinski definition) is 19. The number of Topliss-reactive ketones (excluding diaryl/α,β-unsaturated/α-hetero) is 1. The first-order chi connectivity index (χ1) is 29.7. The van der Waals surface area contributed by atoms with Crippen molar-refractivity contribution in [3.05, 3.63) is 116 Å². The molecule has 5 aromatic rings. The number of hydrogen-bond donors (Lipinski definition) is 7. The molecule has 0 aliphatic heterocycles. The first-order valence-corrected chi connectivity index (χ1v) is 19.4. The Labute approximate surface area is 468 Å². The Morgan fingerprint density at radius 2 is 1.21 bits per heavy atom. The van der Waals surface area contributed by atoms with Gasteiger partial charge in [0.15, 0.2) is 0 Å². The number of carbonyl (C=O) groups excluding carboxylic acids is 3. The summed E-state index contributed by atoms with van der Waals surface area (Å²) in [6, 6.07) is 14.3. The molecule has 0 spiro atoms. The molecule has 3 aromatic carbocycles. The molecule has 0 aliphatic rings. The van der Waals surface area contributed by atoms with E-state index in [2.05, 4.69) is 21.1 Å². The Morgan fingerprint density at radius 3 is 1.56 bits per heavy atom. The molecule has 0 saturated heterocycles. The van der Waals surface area contributed by atoms with Crippen LogP contribution in [0.5, 0.6) is 23.0 Å². The molecular formula is C40H47ClK2O22S. The van der Waals surface area contributed by atoms with Gasteiger partial charge in [0.1, 0.15) is 52.2 Å². The average Bonchev–Trinajstić information content (AvgIpc) is 3.20. The summed E-state index contributed by atoms with van der Waals surface area (Å²) in [5.41, 5.74) is 3.55. The number of carboxylic acids is 1. The largest absolute Gasteiger partial charge is 1.00 e. The summed E-state index contributed by atoms with van der Waals surface area (Å²) in [6.45, 7) is 15.4. The number of halogens is 1. The van der Waals surface area contributed by atoms with Gasteiger partial charge in [-0.2, -0.15) is 13.7 Å². The predicted octanol–water partition coefficient (Wildman–Crippen LogP) is -0.988. The van der Waals surface area contributed by atoms with Crippen LogP contribution in [-0.2, 0) is 44.1 Å². The number of ketones is 1. The van der Waals surface area contributed by atoms with Gasteiger partial charge in [0.05, 0.1) is 6.61 Å². The van der Waals surface area contributed by atoms with Crippen LogP contribution in [0.15, 0.2) is 85.5 Å². The second-order valence-electron chi connectivity index (χ2n) is 12.0. The van der Waals surface area contributed by atoms with Gasteiger partial charge >= 0.3 is 142 Å². The quantitative estimate of drug-likeness (QED) is 0.00937. The van der Waals surface area contributed by atoms with E-state index in [1.165, 1.54) is 31.2 Å². The van der Waals surface area contributed by atoms with Crippen molar-refractivity contribution in [2.75, 3.05) is 12.5 Å². The molecular weight excluding hydrogens is 978 g/mol. The minimum absolute atomic E-state index is 0. The first-order valence-electron chi connectivity index (χ1n) is 17.5. The van der Waals surface area contributed by atoms with Crippen molar-refractivity contribution >= 4 is 68.1 Å². The van der Waals surface area contributed by atoms with Crippen molar-refractivity contribution in [3.63, 3.8) is 0 Å². The Hall–Kier alpha value is -3.75. The standard InChI is InChI=1S/C13H12O5.C11H10O3.C7H8O2.C6H10O3.C2H3ClO2.CH2O3.2K.H2O4S.H/c1-7-6-12(14)17-13-8(2)11(5-4-10(7)13)16-9(3)18-15;1-6-5-10(13)14-11-7(2)9(12)4-3-8(6)11;1-5-6(8)3-2-4-7(5)9;1-3-9-6(8)4-5(2)7;3-1-2(4)5;2-1-4-3;;;1-5(2,3)4;/h4-6,15H,3H2,1-2H3;3-5,12H,1-2H3;2-4,8-9H,1H3;3-4H2,1-2H3;1H2,(H,4,5);1,3H;;;(H2,1,2,3,4);/q;;;;;;2*+1;;-1/p-1. The van der Waals surface area contributed by atoms with Crippen LogP contribution in [0, 0.1) is 34.6 Å². The van der Waals surface area contributed by atoms with Gasteiger partial charge in [-0.25, -0.2) is 9.59 Å². The number of aliphatic carboxylic acids is 1. The van der Waals surface area contributed by atoms with Crippen molar-refractivity contribution < 1.29 is 200 Å². The normalized spacial score (nSPS) is 9.33. The zero-order valence-electron chi connectivity index (χ0n) is 38.1. The number of alkyl halides is 1. The molecule has 0 aliphatic carbocycles. The minimum atomic E-state index is -4.67. The summed E-state index contributed by atoms with van der Waals surface area (Å²) in [7, 11) is -4.67. The summed E-state index contributed by atoms with van der Waals surface area (Å²) in [4.78, 5) is 67.5. The Balaban J connectivity index is -0.000000236. The van der Waals surface area contributed by atoms with Crippen molar-refractivity contribution in [2.45, 2.75) is 54.9 Å². The molecule has 0 bridgehead atoms. The van der Waals surface area contributed by atoms with Crippen molar-refractivity contribution in [1.82, 2.24) is 0 Å². The number of phenolic OH excluding ortho intramolecular Hbond substituents is 3. The molecule has 7 N–H and O–H groups in total. The van der Waals surface area contributed by atoms with Crippen molar-refractivity contribution in [3.8, 4) is 23.0 Å². The fourth-order valence-corrected chi connectivity index (χ4v) is 4.29. The van der Waals surface area contributed by atoms with Crippen LogP contribution in [0.25, 0.3) is 21.9 Å². The summed E-state index contributed by atoms with van der Waals surface area (Å²) in [6.07, 6.45) is -0.103. The van der Waals surface area contributed by atoms with E-state index in [4.69, 9.17) is 73.3 Å². The number of phenols is 3. The molecule has 354 valence electrons. The number of benzene rings is 3. The van der Waals surface area contributed by atoms with Crippen LogP contribution in [0.3, 0.4) is 0 Å². The molecule has 2 heterocycles. The van der Waals surface area contributed by atoms with E-state index in [1.807, 2.05) is 13.8 Å². The molecule has 0 fully saturated rings. The van der Waals surface area contributed by atoms with Gasteiger partial charge in [-0.1, -0.05) is 6.07 Å². The maximum absolute atomic E-state index is 11.4. The van der Waals surface area contributed by atoms with Gasteiger partial charge in [0.2, 0.25) is 0 Å². The van der Waals surface area contributed by atoms with Gasteiger partial charge < -0.3 is 55.2 Å². The second-order valence-corrected chi connectivity index (χ2v) is 13.1. The first kappa shape index (κ1) is 68.8. The molecule has 66 heavy (non-hydrogen) atoms. The molecule has 5 rings (SSSR count). The van der Waals surface area contributed by atoms with Gasteiger partial charge in [0, 0.05) is 39.6 Å². The van der Waals surface area contributed by atoms with E-state index in [1.54, 1.807) is 58.0 Å². The Bertz CT molecular complexity index is 2560. The van der Waals surface area contributed by atoms with E-state index < -0.39 is 28.0 Å². The molecule has 22 nitrogen and oxygen atoms in total. The molecule has 0 radical (unpaired) electrons. The number of esters is 1. The number of aromatic hydroxyl groups is 3. The monoisotopic (exact) mass is 1020 g/mol. The SMILES string of the molecule is C=C(OO)Oc1ccc2c(C)cc(=O)oc2c1C.CCOC(=O)CC(C)=O.Cc1c(O)cccc1O.Cc1cc(=O)oc2c(C)c(O)ccc12.O=C(O)CCl.O=CO[O-].O=S(=O)(O)O.[H-].[K+].[K+].